The number of phenolic OH excluding ortho intramolecular Hbond substituents is 1. The van der Waals surface area contributed by atoms with Gasteiger partial charge in [-0.25, -0.2) is 0 Å². The summed E-state index contributed by atoms with van der Waals surface area (Å²) in [6.45, 7) is 0.401. The Labute approximate surface area is 123 Å². The molecule has 0 atom stereocenters. The van der Waals surface area contributed by atoms with Crippen molar-refractivity contribution in [2.75, 3.05) is 6.54 Å². The number of hydrogen-bond acceptors (Lipinski definition) is 3. The predicted octanol–water partition coefficient (Wildman–Crippen LogP) is 2.17. The zero-order valence-electron chi connectivity index (χ0n) is 11.7. The number of hydrogen-bond donors (Lipinski definition) is 3. The molecule has 0 heterocycles. The van der Waals surface area contributed by atoms with Crippen LogP contribution in [0.4, 0.5) is 0 Å². The predicted molar refractivity (Wildman–Crippen MR) is 78.7 cm³/mol. The summed E-state index contributed by atoms with van der Waals surface area (Å²) >= 11 is 0. The first-order valence-corrected chi connectivity index (χ1v) is 6.96. The lowest BCUT2D eigenvalue weighted by atomic mass is 9.66. The zero-order valence-corrected chi connectivity index (χ0v) is 11.7. The SMILES string of the molecule is O=C(O)CC1(CNC(=O)/C=C/c2ccc(O)cc2)CCC1. The Hall–Kier alpha value is -2.30. The van der Waals surface area contributed by atoms with E-state index in [9.17, 15) is 9.59 Å². The molecule has 0 radical (unpaired) electrons. The van der Waals surface area contributed by atoms with Crippen molar-refractivity contribution in [3.63, 3.8) is 0 Å². The molecule has 0 spiro atoms. The third kappa shape index (κ3) is 4.34. The zero-order chi connectivity index (χ0) is 15.3. The molecule has 21 heavy (non-hydrogen) atoms. The van der Waals surface area contributed by atoms with Gasteiger partial charge >= 0.3 is 5.97 Å². The molecule has 1 fully saturated rings. The largest absolute Gasteiger partial charge is 0.508 e. The smallest absolute Gasteiger partial charge is 0.303 e. The van der Waals surface area contributed by atoms with Crippen molar-refractivity contribution in [1.29, 1.82) is 0 Å². The van der Waals surface area contributed by atoms with Crippen LogP contribution in [0.15, 0.2) is 30.3 Å². The summed E-state index contributed by atoms with van der Waals surface area (Å²) < 4.78 is 0. The van der Waals surface area contributed by atoms with Gasteiger partial charge in [-0.2, -0.15) is 0 Å². The number of nitrogens with one attached hydrogen (secondary N) is 1. The molecule has 5 nitrogen and oxygen atoms in total. The van der Waals surface area contributed by atoms with Crippen molar-refractivity contribution < 1.29 is 19.8 Å². The molecule has 3 N–H and O–H groups in total. The monoisotopic (exact) mass is 289 g/mol. The Bertz CT molecular complexity index is 544. The summed E-state index contributed by atoms with van der Waals surface area (Å²) in [7, 11) is 0. The van der Waals surface area contributed by atoms with E-state index in [4.69, 9.17) is 10.2 Å². The van der Waals surface area contributed by atoms with Crippen LogP contribution in [-0.2, 0) is 9.59 Å². The van der Waals surface area contributed by atoms with E-state index in [-0.39, 0.29) is 23.5 Å². The Morgan fingerprint density at radius 1 is 1.24 bits per heavy atom. The van der Waals surface area contributed by atoms with Crippen molar-refractivity contribution in [3.8, 4) is 5.75 Å². The molecule has 1 aliphatic rings. The van der Waals surface area contributed by atoms with Gasteiger partial charge in [0.15, 0.2) is 0 Å². The second kappa shape index (κ2) is 6.43. The van der Waals surface area contributed by atoms with Gasteiger partial charge in [-0.15, -0.1) is 0 Å². The minimum absolute atomic E-state index is 0.106. The van der Waals surface area contributed by atoms with Crippen molar-refractivity contribution in [2.24, 2.45) is 5.41 Å². The number of benzene rings is 1. The molecule has 1 saturated carbocycles. The van der Waals surface area contributed by atoms with E-state index in [2.05, 4.69) is 5.32 Å². The summed E-state index contributed by atoms with van der Waals surface area (Å²) in [6, 6.07) is 6.51. The number of carboxylic acid groups (broad SMARTS) is 1. The van der Waals surface area contributed by atoms with Crippen LogP contribution in [0.3, 0.4) is 0 Å². The van der Waals surface area contributed by atoms with Crippen LogP contribution in [0.25, 0.3) is 6.08 Å². The quantitative estimate of drug-likeness (QED) is 0.700. The molecular weight excluding hydrogens is 270 g/mol. The molecule has 1 amide bonds. The molecule has 112 valence electrons. The number of carbonyl (C=O) groups excluding carboxylic acids is 1. The van der Waals surface area contributed by atoms with E-state index in [0.717, 1.165) is 24.8 Å². The van der Waals surface area contributed by atoms with Crippen LogP contribution in [0.2, 0.25) is 0 Å². The third-order valence-electron chi connectivity index (χ3n) is 3.90. The van der Waals surface area contributed by atoms with Crippen molar-refractivity contribution >= 4 is 18.0 Å². The fourth-order valence-electron chi connectivity index (χ4n) is 2.50. The lowest BCUT2D eigenvalue weighted by Crippen LogP contribution is -2.43. The standard InChI is InChI=1S/C16H19NO4/c18-13-5-2-12(3-6-13)4-7-14(19)17-11-16(8-1-9-16)10-15(20)21/h2-7,18H,1,8-11H2,(H,17,19)(H,20,21)/b7-4+. The van der Waals surface area contributed by atoms with Gasteiger partial charge in [0, 0.05) is 12.6 Å². The van der Waals surface area contributed by atoms with Gasteiger partial charge in [-0.1, -0.05) is 18.6 Å². The van der Waals surface area contributed by atoms with Gasteiger partial charge < -0.3 is 15.5 Å². The highest BCUT2D eigenvalue weighted by molar-refractivity contribution is 5.91. The normalized spacial score (nSPS) is 16.4. The summed E-state index contributed by atoms with van der Waals surface area (Å²) in [5.41, 5.74) is 0.542. The highest BCUT2D eigenvalue weighted by atomic mass is 16.4. The number of carboxylic acids is 1. The fourth-order valence-corrected chi connectivity index (χ4v) is 2.50. The van der Waals surface area contributed by atoms with Crippen LogP contribution < -0.4 is 5.32 Å². The Morgan fingerprint density at radius 2 is 1.90 bits per heavy atom. The van der Waals surface area contributed by atoms with E-state index >= 15 is 0 Å². The molecule has 0 aromatic heterocycles. The third-order valence-corrected chi connectivity index (χ3v) is 3.90. The molecule has 0 unspecified atom stereocenters. The van der Waals surface area contributed by atoms with Crippen molar-refractivity contribution in [3.05, 3.63) is 35.9 Å². The van der Waals surface area contributed by atoms with Crippen LogP contribution in [0.1, 0.15) is 31.2 Å². The Kier molecular flexibility index (Phi) is 4.62. The molecule has 2 rings (SSSR count). The lowest BCUT2D eigenvalue weighted by Gasteiger charge is -2.40. The Balaban J connectivity index is 1.84. The molecule has 1 aliphatic carbocycles. The summed E-state index contributed by atoms with van der Waals surface area (Å²) in [6.07, 6.45) is 5.89. The Morgan fingerprint density at radius 3 is 2.43 bits per heavy atom. The van der Waals surface area contributed by atoms with E-state index < -0.39 is 5.97 Å². The highest BCUT2D eigenvalue weighted by Gasteiger charge is 2.38. The van der Waals surface area contributed by atoms with Crippen molar-refractivity contribution in [1.82, 2.24) is 5.32 Å². The number of rotatable bonds is 6. The molecule has 5 heteroatoms. The minimum Gasteiger partial charge on any atom is -0.508 e. The maximum absolute atomic E-state index is 11.8. The van der Waals surface area contributed by atoms with Crippen LogP contribution in [0, 0.1) is 5.41 Å². The highest BCUT2D eigenvalue weighted by Crippen LogP contribution is 2.43. The first kappa shape index (κ1) is 15.1. The number of phenols is 1. The van der Waals surface area contributed by atoms with Gasteiger partial charge in [-0.05, 0) is 42.0 Å². The molecule has 0 bridgehead atoms. The van der Waals surface area contributed by atoms with Gasteiger partial charge in [0.05, 0.1) is 6.42 Å². The average Bonchev–Trinajstić information content (AvgIpc) is 2.40. The van der Waals surface area contributed by atoms with E-state index in [0.29, 0.717) is 6.54 Å². The fraction of sp³-hybridized carbons (Fsp3) is 0.375. The molecule has 0 aliphatic heterocycles. The van der Waals surface area contributed by atoms with Crippen molar-refractivity contribution in [2.45, 2.75) is 25.7 Å². The van der Waals surface area contributed by atoms with Gasteiger partial charge in [0.2, 0.25) is 5.91 Å². The van der Waals surface area contributed by atoms with E-state index in [1.54, 1.807) is 30.3 Å². The average molecular weight is 289 g/mol. The first-order valence-electron chi connectivity index (χ1n) is 6.96. The maximum atomic E-state index is 11.8. The molecule has 0 saturated heterocycles. The second-order valence-electron chi connectivity index (χ2n) is 5.57. The van der Waals surface area contributed by atoms with Crippen LogP contribution in [0.5, 0.6) is 5.75 Å². The van der Waals surface area contributed by atoms with Crippen LogP contribution >= 0.6 is 0 Å². The minimum atomic E-state index is -0.816. The summed E-state index contributed by atoms with van der Waals surface area (Å²) in [4.78, 5) is 22.6. The molecule has 1 aromatic carbocycles. The lowest BCUT2D eigenvalue weighted by molar-refractivity contribution is -0.141. The summed E-state index contributed by atoms with van der Waals surface area (Å²) in [5.74, 6) is -0.875. The van der Waals surface area contributed by atoms with E-state index in [1.807, 2.05) is 0 Å². The maximum Gasteiger partial charge on any atom is 0.303 e. The first-order chi connectivity index (χ1) is 9.99. The van der Waals surface area contributed by atoms with Gasteiger partial charge in [0.1, 0.15) is 5.75 Å². The van der Waals surface area contributed by atoms with Gasteiger partial charge in [-0.3, -0.25) is 9.59 Å². The number of aromatic hydroxyl groups is 1. The van der Waals surface area contributed by atoms with Gasteiger partial charge in [0.25, 0.3) is 0 Å². The van der Waals surface area contributed by atoms with Crippen LogP contribution in [-0.4, -0.2) is 28.6 Å². The second-order valence-corrected chi connectivity index (χ2v) is 5.57. The number of aliphatic carboxylic acids is 1. The van der Waals surface area contributed by atoms with E-state index in [1.165, 1.54) is 6.08 Å². The molecular formula is C16H19NO4. The number of amides is 1. The topological polar surface area (TPSA) is 86.6 Å². The summed E-state index contributed by atoms with van der Waals surface area (Å²) in [5, 5.41) is 20.8. The number of carbonyl (C=O) groups is 2. The molecule has 1 aromatic rings.